The molecule has 22 heavy (non-hydrogen) atoms. The van der Waals surface area contributed by atoms with E-state index in [-0.39, 0.29) is 18.6 Å². The molecule has 1 atom stereocenters. The molecule has 0 bridgehead atoms. The van der Waals surface area contributed by atoms with Gasteiger partial charge in [-0.1, -0.05) is 0 Å². The van der Waals surface area contributed by atoms with Crippen LogP contribution in [0.2, 0.25) is 0 Å². The molecule has 2 rings (SSSR count). The molecule has 1 aromatic heterocycles. The van der Waals surface area contributed by atoms with Gasteiger partial charge in [0, 0.05) is 24.9 Å². The van der Waals surface area contributed by atoms with Crippen molar-refractivity contribution in [1.29, 1.82) is 0 Å². The lowest BCUT2D eigenvalue weighted by Gasteiger charge is -2.22. The molecule has 1 aliphatic heterocycles. The number of aromatic amines is 2. The average molecular weight is 311 g/mol. The highest BCUT2D eigenvalue weighted by atomic mass is 16.5. The molecule has 0 spiro atoms. The van der Waals surface area contributed by atoms with Crippen molar-refractivity contribution >= 4 is 5.91 Å². The first kappa shape index (κ1) is 16.4. The number of rotatable bonds is 7. The van der Waals surface area contributed by atoms with Crippen LogP contribution in [0.25, 0.3) is 0 Å². The summed E-state index contributed by atoms with van der Waals surface area (Å²) in [5.74, 6) is -0.239. The van der Waals surface area contributed by atoms with Gasteiger partial charge in [-0.3, -0.25) is 14.6 Å². The number of amides is 1. The van der Waals surface area contributed by atoms with Gasteiger partial charge in [0.2, 0.25) is 5.91 Å². The van der Waals surface area contributed by atoms with Crippen molar-refractivity contribution in [2.75, 3.05) is 26.4 Å². The summed E-state index contributed by atoms with van der Waals surface area (Å²) in [6.45, 7) is 1.46. The van der Waals surface area contributed by atoms with E-state index in [9.17, 15) is 14.4 Å². The SMILES string of the molecule is O=C(COCC1CCCCO1)NCCc1c[nH]c(=O)[nH]c1=O. The summed E-state index contributed by atoms with van der Waals surface area (Å²) >= 11 is 0. The summed E-state index contributed by atoms with van der Waals surface area (Å²) in [5.41, 5.74) is -0.573. The zero-order chi connectivity index (χ0) is 15.8. The minimum atomic E-state index is -0.545. The van der Waals surface area contributed by atoms with E-state index in [0.717, 1.165) is 25.9 Å². The Kier molecular flexibility index (Phi) is 6.35. The Hall–Kier alpha value is -1.93. The second kappa shape index (κ2) is 8.50. The molecule has 0 aliphatic carbocycles. The van der Waals surface area contributed by atoms with Crippen molar-refractivity contribution < 1.29 is 14.3 Å². The van der Waals surface area contributed by atoms with E-state index in [4.69, 9.17) is 9.47 Å². The molecule has 1 fully saturated rings. The smallest absolute Gasteiger partial charge is 0.325 e. The van der Waals surface area contributed by atoms with E-state index in [1.54, 1.807) is 0 Å². The maximum atomic E-state index is 11.6. The van der Waals surface area contributed by atoms with Crippen LogP contribution in [-0.4, -0.2) is 48.3 Å². The van der Waals surface area contributed by atoms with Gasteiger partial charge in [0.05, 0.1) is 12.7 Å². The number of ether oxygens (including phenoxy) is 2. The minimum absolute atomic E-state index is 0.0260. The number of nitrogens with one attached hydrogen (secondary N) is 3. The summed E-state index contributed by atoms with van der Waals surface area (Å²) in [7, 11) is 0. The van der Waals surface area contributed by atoms with Gasteiger partial charge >= 0.3 is 5.69 Å². The molecular formula is C14H21N3O5. The lowest BCUT2D eigenvalue weighted by molar-refractivity contribution is -0.127. The lowest BCUT2D eigenvalue weighted by atomic mass is 10.1. The quantitative estimate of drug-likeness (QED) is 0.617. The van der Waals surface area contributed by atoms with E-state index in [1.165, 1.54) is 6.20 Å². The third-order valence-electron chi connectivity index (χ3n) is 3.42. The highest BCUT2D eigenvalue weighted by Gasteiger charge is 2.14. The number of hydrogen-bond acceptors (Lipinski definition) is 5. The van der Waals surface area contributed by atoms with Crippen molar-refractivity contribution in [2.24, 2.45) is 0 Å². The predicted octanol–water partition coefficient (Wildman–Crippen LogP) is -0.692. The van der Waals surface area contributed by atoms with Crippen molar-refractivity contribution in [3.05, 3.63) is 32.6 Å². The largest absolute Gasteiger partial charge is 0.376 e. The zero-order valence-electron chi connectivity index (χ0n) is 12.4. The predicted molar refractivity (Wildman–Crippen MR) is 78.8 cm³/mol. The molecule has 0 radical (unpaired) electrons. The van der Waals surface area contributed by atoms with Crippen LogP contribution in [-0.2, 0) is 20.7 Å². The van der Waals surface area contributed by atoms with Crippen molar-refractivity contribution in [3.63, 3.8) is 0 Å². The Morgan fingerprint density at radius 1 is 1.41 bits per heavy atom. The van der Waals surface area contributed by atoms with E-state index in [0.29, 0.717) is 25.1 Å². The molecule has 8 heteroatoms. The normalized spacial score (nSPS) is 18.1. The summed E-state index contributed by atoms with van der Waals surface area (Å²) in [4.78, 5) is 38.4. The summed E-state index contributed by atoms with van der Waals surface area (Å²) in [6.07, 6.45) is 4.96. The van der Waals surface area contributed by atoms with Gasteiger partial charge in [0.1, 0.15) is 6.61 Å². The van der Waals surface area contributed by atoms with E-state index >= 15 is 0 Å². The second-order valence-electron chi connectivity index (χ2n) is 5.20. The monoisotopic (exact) mass is 311 g/mol. The molecule has 1 unspecified atom stereocenters. The fourth-order valence-corrected chi connectivity index (χ4v) is 2.23. The Bertz CT molecular complexity index is 589. The number of aromatic nitrogens is 2. The average Bonchev–Trinajstić information content (AvgIpc) is 2.50. The molecule has 2 heterocycles. The summed E-state index contributed by atoms with van der Waals surface area (Å²) < 4.78 is 10.8. The standard InChI is InChI=1S/C14H21N3O5/c18-12(9-21-8-11-3-1-2-6-22-11)15-5-4-10-7-16-14(20)17-13(10)19/h7,11H,1-6,8-9H2,(H,15,18)(H2,16,17,19,20). The zero-order valence-corrected chi connectivity index (χ0v) is 12.4. The maximum absolute atomic E-state index is 11.6. The number of carbonyl (C=O) groups is 1. The molecule has 3 N–H and O–H groups in total. The summed E-state index contributed by atoms with van der Waals surface area (Å²) in [5, 5.41) is 2.66. The Morgan fingerprint density at radius 3 is 3.00 bits per heavy atom. The molecule has 0 aromatic carbocycles. The van der Waals surface area contributed by atoms with Crippen LogP contribution in [0.4, 0.5) is 0 Å². The highest BCUT2D eigenvalue weighted by molar-refractivity contribution is 5.77. The third kappa shape index (κ3) is 5.45. The van der Waals surface area contributed by atoms with Crippen LogP contribution in [0.1, 0.15) is 24.8 Å². The summed E-state index contributed by atoms with van der Waals surface area (Å²) in [6, 6.07) is 0. The van der Waals surface area contributed by atoms with Crippen molar-refractivity contribution in [3.8, 4) is 0 Å². The lowest BCUT2D eigenvalue weighted by Crippen LogP contribution is -2.33. The van der Waals surface area contributed by atoms with Crippen molar-refractivity contribution in [1.82, 2.24) is 15.3 Å². The van der Waals surface area contributed by atoms with Crippen LogP contribution < -0.4 is 16.6 Å². The third-order valence-corrected chi connectivity index (χ3v) is 3.42. The van der Waals surface area contributed by atoms with Gasteiger partial charge in [0.15, 0.2) is 0 Å². The van der Waals surface area contributed by atoms with Gasteiger partial charge in [0.25, 0.3) is 5.56 Å². The molecule has 8 nitrogen and oxygen atoms in total. The number of hydrogen-bond donors (Lipinski definition) is 3. The van der Waals surface area contributed by atoms with Crippen LogP contribution in [0, 0.1) is 0 Å². The van der Waals surface area contributed by atoms with Gasteiger partial charge in [-0.2, -0.15) is 0 Å². The molecular weight excluding hydrogens is 290 g/mol. The highest BCUT2D eigenvalue weighted by Crippen LogP contribution is 2.12. The van der Waals surface area contributed by atoms with E-state index < -0.39 is 11.2 Å². The first-order chi connectivity index (χ1) is 10.6. The van der Waals surface area contributed by atoms with Crippen molar-refractivity contribution in [2.45, 2.75) is 31.8 Å². The molecule has 1 aliphatic rings. The molecule has 1 amide bonds. The van der Waals surface area contributed by atoms with Gasteiger partial charge < -0.3 is 19.8 Å². The van der Waals surface area contributed by atoms with Gasteiger partial charge in [-0.25, -0.2) is 4.79 Å². The maximum Gasteiger partial charge on any atom is 0.325 e. The van der Waals surface area contributed by atoms with Crippen LogP contribution in [0.3, 0.4) is 0 Å². The fourth-order valence-electron chi connectivity index (χ4n) is 2.23. The van der Waals surface area contributed by atoms with E-state index in [2.05, 4.69) is 15.3 Å². The molecule has 1 saturated heterocycles. The van der Waals surface area contributed by atoms with Crippen LogP contribution in [0.5, 0.6) is 0 Å². The number of H-pyrrole nitrogens is 2. The second-order valence-corrected chi connectivity index (χ2v) is 5.20. The topological polar surface area (TPSA) is 113 Å². The van der Waals surface area contributed by atoms with Crippen LogP contribution >= 0.6 is 0 Å². The molecule has 1 aromatic rings. The fraction of sp³-hybridized carbons (Fsp3) is 0.643. The van der Waals surface area contributed by atoms with Gasteiger partial charge in [-0.05, 0) is 25.7 Å². The molecule has 0 saturated carbocycles. The molecule has 122 valence electrons. The Balaban J connectivity index is 1.61. The first-order valence-corrected chi connectivity index (χ1v) is 7.42. The Labute approximate surface area is 127 Å². The minimum Gasteiger partial charge on any atom is -0.376 e. The number of carbonyl (C=O) groups excluding carboxylic acids is 1. The first-order valence-electron chi connectivity index (χ1n) is 7.42. The Morgan fingerprint density at radius 2 is 2.27 bits per heavy atom. The van der Waals surface area contributed by atoms with E-state index in [1.807, 2.05) is 0 Å². The van der Waals surface area contributed by atoms with Gasteiger partial charge in [-0.15, -0.1) is 0 Å². The van der Waals surface area contributed by atoms with Crippen LogP contribution in [0.15, 0.2) is 15.8 Å².